The Morgan fingerprint density at radius 3 is 2.48 bits per heavy atom. The molecule has 1 rings (SSSR count). The molecular formula is C13H14F2N2O6. The van der Waals surface area contributed by atoms with Crippen molar-refractivity contribution in [1.82, 2.24) is 5.32 Å². The number of carboxylic acid groups (broad SMARTS) is 1. The second-order valence-electron chi connectivity index (χ2n) is 4.57. The number of ether oxygens (including phenoxy) is 1. The average molecular weight is 332 g/mol. The number of carboxylic acids is 1. The number of methoxy groups -OCH3 is 1. The van der Waals surface area contributed by atoms with Gasteiger partial charge in [-0.15, -0.1) is 0 Å². The van der Waals surface area contributed by atoms with Gasteiger partial charge in [-0.05, 0) is 13.0 Å². The van der Waals surface area contributed by atoms with Gasteiger partial charge >= 0.3 is 5.97 Å². The second-order valence-corrected chi connectivity index (χ2v) is 4.57. The maximum Gasteiger partial charge on any atom is 0.326 e. The minimum Gasteiger partial charge on any atom is -0.496 e. The van der Waals surface area contributed by atoms with E-state index in [0.717, 1.165) is 6.07 Å². The molecule has 23 heavy (non-hydrogen) atoms. The van der Waals surface area contributed by atoms with Crippen molar-refractivity contribution in [2.45, 2.75) is 25.8 Å². The number of nitro benzene ring substituents is 1. The Balaban J connectivity index is 3.14. The van der Waals surface area contributed by atoms with Gasteiger partial charge in [-0.1, -0.05) is 0 Å². The second kappa shape index (κ2) is 7.47. The third kappa shape index (κ3) is 4.59. The Morgan fingerprint density at radius 1 is 1.43 bits per heavy atom. The largest absolute Gasteiger partial charge is 0.496 e. The van der Waals surface area contributed by atoms with Crippen LogP contribution >= 0.6 is 0 Å². The molecule has 0 aliphatic carbocycles. The summed E-state index contributed by atoms with van der Waals surface area (Å²) in [6.07, 6.45) is -4.01. The minimum atomic E-state index is -2.93. The molecule has 0 spiro atoms. The highest BCUT2D eigenvalue weighted by molar-refractivity contribution is 5.97. The van der Waals surface area contributed by atoms with Crippen LogP contribution in [0.2, 0.25) is 0 Å². The van der Waals surface area contributed by atoms with Crippen LogP contribution in [0.5, 0.6) is 5.75 Å². The Kier molecular flexibility index (Phi) is 5.94. The number of halogens is 2. The Labute approximate surface area is 129 Å². The lowest BCUT2D eigenvalue weighted by atomic mass is 10.1. The van der Waals surface area contributed by atoms with E-state index in [1.165, 1.54) is 20.1 Å². The van der Waals surface area contributed by atoms with Crippen LogP contribution in [0.25, 0.3) is 0 Å². The van der Waals surface area contributed by atoms with E-state index in [-0.39, 0.29) is 16.9 Å². The van der Waals surface area contributed by atoms with Crippen LogP contribution in [0, 0.1) is 17.0 Å². The molecule has 1 aromatic rings. The molecule has 1 unspecified atom stereocenters. The lowest BCUT2D eigenvalue weighted by Crippen LogP contribution is -2.42. The van der Waals surface area contributed by atoms with Gasteiger partial charge in [-0.3, -0.25) is 14.9 Å². The van der Waals surface area contributed by atoms with Crippen LogP contribution in [-0.2, 0) is 4.79 Å². The number of benzene rings is 1. The maximum absolute atomic E-state index is 12.3. The first-order valence-electron chi connectivity index (χ1n) is 6.32. The van der Waals surface area contributed by atoms with E-state index in [1.807, 2.05) is 5.32 Å². The van der Waals surface area contributed by atoms with E-state index in [4.69, 9.17) is 9.84 Å². The molecule has 0 saturated heterocycles. The third-order valence-corrected chi connectivity index (χ3v) is 3.03. The highest BCUT2D eigenvalue weighted by atomic mass is 19.3. The predicted octanol–water partition coefficient (Wildman–Crippen LogP) is 1.75. The Morgan fingerprint density at radius 2 is 2.04 bits per heavy atom. The Hall–Kier alpha value is -2.78. The topological polar surface area (TPSA) is 119 Å². The van der Waals surface area contributed by atoms with Crippen molar-refractivity contribution in [1.29, 1.82) is 0 Å². The first-order chi connectivity index (χ1) is 10.7. The molecule has 1 atom stereocenters. The number of aliphatic carboxylic acids is 1. The van der Waals surface area contributed by atoms with Gasteiger partial charge in [-0.25, -0.2) is 13.6 Å². The summed E-state index contributed by atoms with van der Waals surface area (Å²) in [6, 6.07) is 0.279. The molecule has 0 radical (unpaired) electrons. The van der Waals surface area contributed by atoms with Crippen LogP contribution in [0.4, 0.5) is 14.5 Å². The Bertz CT molecular complexity index is 635. The van der Waals surface area contributed by atoms with Crippen LogP contribution in [0.15, 0.2) is 12.1 Å². The number of nitrogens with one attached hydrogen (secondary N) is 1. The van der Waals surface area contributed by atoms with Crippen molar-refractivity contribution in [3.05, 3.63) is 33.4 Å². The zero-order valence-corrected chi connectivity index (χ0v) is 12.2. The van der Waals surface area contributed by atoms with E-state index in [9.17, 15) is 28.5 Å². The molecule has 126 valence electrons. The monoisotopic (exact) mass is 332 g/mol. The molecule has 0 aliphatic heterocycles. The molecule has 8 nitrogen and oxygen atoms in total. The number of hydrogen-bond acceptors (Lipinski definition) is 5. The van der Waals surface area contributed by atoms with Crippen molar-refractivity contribution < 1.29 is 33.1 Å². The van der Waals surface area contributed by atoms with E-state index in [1.54, 1.807) is 0 Å². The summed E-state index contributed by atoms with van der Waals surface area (Å²) in [5.74, 6) is -2.61. The molecule has 0 bridgehead atoms. The molecule has 0 fully saturated rings. The van der Waals surface area contributed by atoms with Crippen molar-refractivity contribution in [2.24, 2.45) is 0 Å². The fourth-order valence-corrected chi connectivity index (χ4v) is 1.85. The maximum atomic E-state index is 12.3. The third-order valence-electron chi connectivity index (χ3n) is 3.03. The van der Waals surface area contributed by atoms with Crippen molar-refractivity contribution in [2.75, 3.05) is 7.11 Å². The van der Waals surface area contributed by atoms with Crippen molar-refractivity contribution in [3.8, 4) is 5.75 Å². The number of amides is 1. The smallest absolute Gasteiger partial charge is 0.326 e. The summed E-state index contributed by atoms with van der Waals surface area (Å²) in [5, 5.41) is 21.7. The molecule has 10 heteroatoms. The van der Waals surface area contributed by atoms with Gasteiger partial charge in [0.2, 0.25) is 6.43 Å². The summed E-state index contributed by atoms with van der Waals surface area (Å²) < 4.78 is 29.6. The molecule has 2 N–H and O–H groups in total. The lowest BCUT2D eigenvalue weighted by molar-refractivity contribution is -0.385. The first kappa shape index (κ1) is 18.3. The summed E-state index contributed by atoms with van der Waals surface area (Å²) in [4.78, 5) is 33.1. The highest BCUT2D eigenvalue weighted by Crippen LogP contribution is 2.29. The number of hydrogen-bond donors (Lipinski definition) is 2. The zero-order valence-electron chi connectivity index (χ0n) is 12.2. The predicted molar refractivity (Wildman–Crippen MR) is 73.9 cm³/mol. The van der Waals surface area contributed by atoms with Crippen LogP contribution < -0.4 is 10.1 Å². The van der Waals surface area contributed by atoms with E-state index >= 15 is 0 Å². The van der Waals surface area contributed by atoms with Gasteiger partial charge in [0, 0.05) is 18.1 Å². The zero-order chi connectivity index (χ0) is 17.7. The van der Waals surface area contributed by atoms with Crippen LogP contribution in [0.3, 0.4) is 0 Å². The molecule has 0 heterocycles. The standard InChI is InChI=1S/C13H14F2N2O6/c1-6-9(17(21)22)3-7(4-10(6)23-2)12(18)16-8(13(19)20)5-11(14)15/h3-4,8,11H,5H2,1-2H3,(H,16,18)(H,19,20). The van der Waals surface area contributed by atoms with E-state index in [2.05, 4.69) is 0 Å². The van der Waals surface area contributed by atoms with Gasteiger partial charge < -0.3 is 15.2 Å². The van der Waals surface area contributed by atoms with E-state index < -0.39 is 41.4 Å². The fraction of sp³-hybridized carbons (Fsp3) is 0.385. The summed E-state index contributed by atoms with van der Waals surface area (Å²) in [6.45, 7) is 1.41. The number of nitro groups is 1. The molecular weight excluding hydrogens is 318 g/mol. The summed E-state index contributed by atoms with van der Waals surface area (Å²) in [5.41, 5.74) is -0.494. The van der Waals surface area contributed by atoms with Crippen molar-refractivity contribution >= 4 is 17.6 Å². The molecule has 1 aromatic carbocycles. The molecule has 0 aromatic heterocycles. The number of carbonyl (C=O) groups excluding carboxylic acids is 1. The number of nitrogens with zero attached hydrogens (tertiary/aromatic N) is 1. The van der Waals surface area contributed by atoms with Gasteiger partial charge in [0.15, 0.2) is 0 Å². The van der Waals surface area contributed by atoms with Gasteiger partial charge in [0.25, 0.3) is 11.6 Å². The SMILES string of the molecule is COc1cc(C(=O)NC(CC(F)F)C(=O)O)cc([N+](=O)[O-])c1C. The highest BCUT2D eigenvalue weighted by Gasteiger charge is 2.26. The number of rotatable bonds is 7. The fourth-order valence-electron chi connectivity index (χ4n) is 1.85. The quantitative estimate of drug-likeness (QED) is 0.580. The van der Waals surface area contributed by atoms with Gasteiger partial charge in [0.05, 0.1) is 17.6 Å². The number of alkyl halides is 2. The lowest BCUT2D eigenvalue weighted by Gasteiger charge is -2.15. The number of carbonyl (C=O) groups is 2. The summed E-state index contributed by atoms with van der Waals surface area (Å²) in [7, 11) is 1.24. The van der Waals surface area contributed by atoms with Crippen LogP contribution in [0.1, 0.15) is 22.3 Å². The molecule has 1 amide bonds. The average Bonchev–Trinajstić information content (AvgIpc) is 2.45. The minimum absolute atomic E-state index is 0.0464. The van der Waals surface area contributed by atoms with Gasteiger partial charge in [-0.2, -0.15) is 0 Å². The van der Waals surface area contributed by atoms with Crippen molar-refractivity contribution in [3.63, 3.8) is 0 Å². The first-order valence-corrected chi connectivity index (χ1v) is 6.32. The van der Waals surface area contributed by atoms with Gasteiger partial charge in [0.1, 0.15) is 11.8 Å². The summed E-state index contributed by atoms with van der Waals surface area (Å²) >= 11 is 0. The normalized spacial score (nSPS) is 11.9. The van der Waals surface area contributed by atoms with Crippen LogP contribution in [-0.4, -0.2) is 41.5 Å². The van der Waals surface area contributed by atoms with E-state index in [0.29, 0.717) is 0 Å². The molecule has 0 saturated carbocycles. The molecule has 0 aliphatic rings.